The Bertz CT molecular complexity index is 935. The fourth-order valence-corrected chi connectivity index (χ4v) is 2.95. The summed E-state index contributed by atoms with van der Waals surface area (Å²) >= 11 is 0. The lowest BCUT2D eigenvalue weighted by molar-refractivity contribution is 0.772. The lowest BCUT2D eigenvalue weighted by Crippen LogP contribution is -2.42. The highest BCUT2D eigenvalue weighted by Gasteiger charge is 2.26. The van der Waals surface area contributed by atoms with Crippen molar-refractivity contribution in [1.29, 1.82) is 0 Å². The van der Waals surface area contributed by atoms with Crippen molar-refractivity contribution in [1.82, 2.24) is 0 Å². The Labute approximate surface area is 147 Å². The molecule has 0 atom stereocenters. The van der Waals surface area contributed by atoms with Gasteiger partial charge in [-0.3, -0.25) is 9.59 Å². The maximum absolute atomic E-state index is 12.4. The summed E-state index contributed by atoms with van der Waals surface area (Å²) in [5.41, 5.74) is 3.24. The molecule has 126 valence electrons. The van der Waals surface area contributed by atoms with E-state index in [1.165, 1.54) is 0 Å². The van der Waals surface area contributed by atoms with Crippen LogP contribution in [-0.4, -0.2) is 6.54 Å². The molecule has 3 rings (SSSR count). The lowest BCUT2D eigenvalue weighted by Gasteiger charge is -2.28. The molecule has 3 heteroatoms. The third-order valence-electron chi connectivity index (χ3n) is 4.29. The highest BCUT2D eigenvalue weighted by Crippen LogP contribution is 2.28. The van der Waals surface area contributed by atoms with Gasteiger partial charge in [-0.15, -0.1) is 6.58 Å². The number of benzene rings is 2. The smallest absolute Gasteiger partial charge is 0.250 e. The van der Waals surface area contributed by atoms with Gasteiger partial charge in [0, 0.05) is 13.1 Å². The van der Waals surface area contributed by atoms with Crippen LogP contribution in [0.15, 0.2) is 82.4 Å². The van der Waals surface area contributed by atoms with Crippen LogP contribution in [0.25, 0.3) is 11.1 Å². The van der Waals surface area contributed by atoms with Crippen LogP contribution in [0.4, 0.5) is 5.69 Å². The number of hydrogen-bond donors (Lipinski definition) is 0. The summed E-state index contributed by atoms with van der Waals surface area (Å²) in [6.45, 7) is 7.18. The normalized spacial score (nSPS) is 10.8. The van der Waals surface area contributed by atoms with Crippen molar-refractivity contribution < 1.29 is 0 Å². The molecule has 0 spiro atoms. The summed E-state index contributed by atoms with van der Waals surface area (Å²) in [5, 5.41) is 0. The Balaban J connectivity index is 1.99. The first kappa shape index (κ1) is 16.9. The van der Waals surface area contributed by atoms with Crippen molar-refractivity contribution in [3.63, 3.8) is 0 Å². The second-order valence-corrected chi connectivity index (χ2v) is 6.36. The van der Waals surface area contributed by atoms with Gasteiger partial charge in [-0.25, -0.2) is 0 Å². The molecule has 0 N–H and O–H groups in total. The van der Waals surface area contributed by atoms with Crippen molar-refractivity contribution in [2.75, 3.05) is 11.4 Å². The first-order valence-corrected chi connectivity index (χ1v) is 8.40. The first-order valence-electron chi connectivity index (χ1n) is 8.40. The van der Waals surface area contributed by atoms with Crippen molar-refractivity contribution in [2.24, 2.45) is 0 Å². The second kappa shape index (κ2) is 7.31. The van der Waals surface area contributed by atoms with E-state index in [0.29, 0.717) is 24.3 Å². The van der Waals surface area contributed by atoms with Crippen LogP contribution in [0.1, 0.15) is 18.9 Å². The number of hydrogen-bond acceptors (Lipinski definition) is 3. The fraction of sp³-hybridized carbons (Fsp3) is 0.182. The van der Waals surface area contributed by atoms with Gasteiger partial charge in [0.05, 0.1) is 5.56 Å². The fourth-order valence-electron chi connectivity index (χ4n) is 2.95. The first-order chi connectivity index (χ1) is 12.1. The third kappa shape index (κ3) is 3.61. The Morgan fingerprint density at radius 1 is 0.920 bits per heavy atom. The van der Waals surface area contributed by atoms with Gasteiger partial charge in [0.2, 0.25) is 10.9 Å². The molecule has 0 aromatic heterocycles. The van der Waals surface area contributed by atoms with Gasteiger partial charge in [-0.05, 0) is 24.5 Å². The summed E-state index contributed by atoms with van der Waals surface area (Å²) in [4.78, 5) is 26.6. The van der Waals surface area contributed by atoms with Crippen molar-refractivity contribution in [3.05, 3.63) is 98.8 Å². The molecule has 0 fully saturated rings. The van der Waals surface area contributed by atoms with Gasteiger partial charge < -0.3 is 4.90 Å². The number of rotatable bonds is 7. The highest BCUT2D eigenvalue weighted by molar-refractivity contribution is 5.82. The molecule has 0 saturated heterocycles. The minimum atomic E-state index is -0.394. The van der Waals surface area contributed by atoms with Gasteiger partial charge in [0.1, 0.15) is 5.69 Å². The molecule has 3 aromatic carbocycles. The van der Waals surface area contributed by atoms with Crippen LogP contribution in [0, 0.1) is 0 Å². The van der Waals surface area contributed by atoms with Gasteiger partial charge in [0.15, 0.2) is 0 Å². The monoisotopic (exact) mass is 331 g/mol. The van der Waals surface area contributed by atoms with Crippen molar-refractivity contribution in [2.45, 2.75) is 19.9 Å². The van der Waals surface area contributed by atoms with Crippen LogP contribution in [0.5, 0.6) is 0 Å². The molecule has 0 aliphatic rings. The standard InChI is InChI=1S/C22H21NO2/c1-16(2)13-14-23(15-17-9-5-3-6-10-17)20-19(21(24)22(20)25)18-11-7-4-8-12-18/h3-12H,1,13-15H2,2H3. The molecule has 0 aliphatic carbocycles. The predicted molar refractivity (Wildman–Crippen MR) is 104 cm³/mol. The maximum Gasteiger partial charge on any atom is 0.250 e. The molecule has 25 heavy (non-hydrogen) atoms. The molecule has 0 heterocycles. The van der Waals surface area contributed by atoms with E-state index in [1.54, 1.807) is 0 Å². The van der Waals surface area contributed by atoms with Crippen molar-refractivity contribution in [3.8, 4) is 11.1 Å². The van der Waals surface area contributed by atoms with E-state index in [9.17, 15) is 9.59 Å². The quantitative estimate of drug-likeness (QED) is 0.486. The minimum absolute atomic E-state index is 0.392. The summed E-state index contributed by atoms with van der Waals surface area (Å²) < 4.78 is 0. The topological polar surface area (TPSA) is 37.4 Å². The van der Waals surface area contributed by atoms with E-state index < -0.39 is 10.9 Å². The van der Waals surface area contributed by atoms with E-state index in [2.05, 4.69) is 6.58 Å². The van der Waals surface area contributed by atoms with Crippen LogP contribution < -0.4 is 15.8 Å². The largest absolute Gasteiger partial charge is 0.363 e. The Kier molecular flexibility index (Phi) is 4.94. The zero-order valence-corrected chi connectivity index (χ0v) is 14.4. The molecular weight excluding hydrogens is 310 g/mol. The highest BCUT2D eigenvalue weighted by atomic mass is 16.2. The molecule has 0 amide bonds. The lowest BCUT2D eigenvalue weighted by atomic mass is 9.97. The van der Waals surface area contributed by atoms with E-state index >= 15 is 0 Å². The Morgan fingerprint density at radius 2 is 1.52 bits per heavy atom. The molecule has 0 radical (unpaired) electrons. The minimum Gasteiger partial charge on any atom is -0.363 e. The predicted octanol–water partition coefficient (Wildman–Crippen LogP) is 3.92. The van der Waals surface area contributed by atoms with Crippen LogP contribution in [-0.2, 0) is 6.54 Å². The molecule has 3 nitrogen and oxygen atoms in total. The zero-order valence-electron chi connectivity index (χ0n) is 14.4. The summed E-state index contributed by atoms with van der Waals surface area (Å²) in [6, 6.07) is 19.4. The number of anilines is 1. The number of nitrogens with zero attached hydrogens (tertiary/aromatic N) is 1. The van der Waals surface area contributed by atoms with Gasteiger partial charge in [0.25, 0.3) is 0 Å². The molecule has 0 unspecified atom stereocenters. The van der Waals surface area contributed by atoms with E-state index in [4.69, 9.17) is 0 Å². The average Bonchev–Trinajstić information content (AvgIpc) is 2.64. The van der Waals surface area contributed by atoms with Gasteiger partial charge in [-0.1, -0.05) is 66.2 Å². The molecule has 3 aromatic rings. The van der Waals surface area contributed by atoms with E-state index in [1.807, 2.05) is 72.5 Å². The molecule has 0 saturated carbocycles. The van der Waals surface area contributed by atoms with Gasteiger partial charge in [-0.2, -0.15) is 0 Å². The van der Waals surface area contributed by atoms with Crippen LogP contribution in [0.3, 0.4) is 0 Å². The SMILES string of the molecule is C=C(C)CCN(Cc1ccccc1)c1c(-c2ccccc2)c(=O)c1=O. The van der Waals surface area contributed by atoms with Crippen LogP contribution in [0.2, 0.25) is 0 Å². The molecule has 0 aliphatic heterocycles. The van der Waals surface area contributed by atoms with E-state index in [-0.39, 0.29) is 0 Å². The maximum atomic E-state index is 12.4. The van der Waals surface area contributed by atoms with Crippen LogP contribution >= 0.6 is 0 Å². The van der Waals surface area contributed by atoms with E-state index in [0.717, 1.165) is 23.1 Å². The molecular formula is C22H21NO2. The van der Waals surface area contributed by atoms with Crippen molar-refractivity contribution >= 4 is 5.69 Å². The summed E-state index contributed by atoms with van der Waals surface area (Å²) in [5.74, 6) is 0. The Hall–Kier alpha value is -2.94. The third-order valence-corrected chi connectivity index (χ3v) is 4.29. The average molecular weight is 331 g/mol. The molecule has 0 bridgehead atoms. The second-order valence-electron chi connectivity index (χ2n) is 6.36. The summed E-state index contributed by atoms with van der Waals surface area (Å²) in [6.07, 6.45) is 0.778. The zero-order chi connectivity index (χ0) is 17.8. The van der Waals surface area contributed by atoms with Gasteiger partial charge >= 0.3 is 0 Å². The Morgan fingerprint density at radius 3 is 2.12 bits per heavy atom. The summed E-state index contributed by atoms with van der Waals surface area (Å²) in [7, 11) is 0.